The topological polar surface area (TPSA) is 61.4 Å². The zero-order chi connectivity index (χ0) is 11.3. The molecule has 0 aromatic carbocycles. The second-order valence-corrected chi connectivity index (χ2v) is 5.04. The number of hydrogen-bond donors (Lipinski definition) is 2. The lowest BCUT2D eigenvalue weighted by atomic mass is 9.95. The fourth-order valence-corrected chi connectivity index (χ4v) is 3.24. The summed E-state index contributed by atoms with van der Waals surface area (Å²) in [6.07, 6.45) is 0. The number of rotatable bonds is 1. The zero-order valence-corrected chi connectivity index (χ0v) is 9.45. The van der Waals surface area contributed by atoms with Gasteiger partial charge in [-0.3, -0.25) is 14.9 Å². The molecule has 0 radical (unpaired) electrons. The van der Waals surface area contributed by atoms with E-state index in [-0.39, 0.29) is 29.8 Å². The van der Waals surface area contributed by atoms with Gasteiger partial charge in [-0.05, 0) is 11.4 Å². The van der Waals surface area contributed by atoms with Crippen molar-refractivity contribution in [1.82, 2.24) is 15.8 Å². The van der Waals surface area contributed by atoms with Crippen molar-refractivity contribution in [1.29, 1.82) is 0 Å². The Bertz CT molecular complexity index is 445. The number of hydrogen-bond acceptors (Lipinski definition) is 5. The highest BCUT2D eigenvalue weighted by molar-refractivity contribution is 7.10. The zero-order valence-electron chi connectivity index (χ0n) is 8.64. The van der Waals surface area contributed by atoms with E-state index in [0.717, 1.165) is 4.88 Å². The predicted octanol–water partition coefficient (Wildman–Crippen LogP) is -0.120. The van der Waals surface area contributed by atoms with Gasteiger partial charge in [0.2, 0.25) is 11.8 Å². The van der Waals surface area contributed by atoms with Gasteiger partial charge in [-0.2, -0.15) is 0 Å². The minimum atomic E-state index is -0.375. The summed E-state index contributed by atoms with van der Waals surface area (Å²) < 4.78 is 0. The molecule has 0 spiro atoms. The van der Waals surface area contributed by atoms with Crippen LogP contribution in [0.4, 0.5) is 0 Å². The minimum Gasteiger partial charge on any atom is -0.295 e. The lowest BCUT2D eigenvalue weighted by molar-refractivity contribution is -0.127. The fraction of sp³-hybridized carbons (Fsp3) is 0.400. The molecular formula is C10H11N3O2S. The highest BCUT2D eigenvalue weighted by Crippen LogP contribution is 2.37. The molecule has 2 aliphatic heterocycles. The third-order valence-corrected chi connectivity index (χ3v) is 4.08. The van der Waals surface area contributed by atoms with Crippen LogP contribution in [-0.2, 0) is 9.59 Å². The van der Waals surface area contributed by atoms with Gasteiger partial charge in [-0.25, -0.2) is 10.4 Å². The van der Waals surface area contributed by atoms with Crippen LogP contribution in [0.3, 0.4) is 0 Å². The SMILES string of the molecule is CN1N[C@@H](c2cccs2)[C@@H]2C(=O)NC(=O)[C@@H]21. The normalized spacial score (nSPS) is 34.2. The van der Waals surface area contributed by atoms with Gasteiger partial charge >= 0.3 is 0 Å². The Morgan fingerprint density at radius 1 is 1.38 bits per heavy atom. The maximum absolute atomic E-state index is 11.7. The molecule has 16 heavy (non-hydrogen) atoms. The Morgan fingerprint density at radius 2 is 2.19 bits per heavy atom. The molecular weight excluding hydrogens is 226 g/mol. The average molecular weight is 237 g/mol. The van der Waals surface area contributed by atoms with Crippen molar-refractivity contribution in [3.63, 3.8) is 0 Å². The quantitative estimate of drug-likeness (QED) is 0.669. The van der Waals surface area contributed by atoms with Gasteiger partial charge < -0.3 is 0 Å². The second-order valence-electron chi connectivity index (χ2n) is 4.06. The summed E-state index contributed by atoms with van der Waals surface area (Å²) in [6, 6.07) is 3.47. The summed E-state index contributed by atoms with van der Waals surface area (Å²) >= 11 is 1.59. The van der Waals surface area contributed by atoms with Crippen LogP contribution in [0, 0.1) is 5.92 Å². The molecule has 1 aromatic rings. The van der Waals surface area contributed by atoms with Crippen LogP contribution in [0.15, 0.2) is 17.5 Å². The number of fused-ring (bicyclic) bond motifs is 1. The molecule has 2 saturated heterocycles. The van der Waals surface area contributed by atoms with E-state index in [1.165, 1.54) is 0 Å². The number of nitrogens with one attached hydrogen (secondary N) is 2. The van der Waals surface area contributed by atoms with Crippen LogP contribution >= 0.6 is 11.3 Å². The number of nitrogens with zero attached hydrogens (tertiary/aromatic N) is 1. The Balaban J connectivity index is 1.99. The second kappa shape index (κ2) is 3.38. The summed E-state index contributed by atoms with van der Waals surface area (Å²) in [5, 5.41) is 6.09. The molecule has 0 saturated carbocycles. The van der Waals surface area contributed by atoms with Gasteiger partial charge in [-0.15, -0.1) is 11.3 Å². The van der Waals surface area contributed by atoms with Crippen molar-refractivity contribution in [3.05, 3.63) is 22.4 Å². The van der Waals surface area contributed by atoms with Crippen molar-refractivity contribution in [2.75, 3.05) is 7.05 Å². The lowest BCUT2D eigenvalue weighted by Gasteiger charge is -2.15. The summed E-state index contributed by atoms with van der Waals surface area (Å²) in [4.78, 5) is 24.4. The number of thiophene rings is 1. The molecule has 3 rings (SSSR count). The summed E-state index contributed by atoms with van der Waals surface area (Å²) in [5.74, 6) is -0.689. The van der Waals surface area contributed by atoms with Crippen molar-refractivity contribution >= 4 is 23.2 Å². The maximum Gasteiger partial charge on any atom is 0.246 e. The average Bonchev–Trinajstić information content (AvgIpc) is 2.87. The van der Waals surface area contributed by atoms with E-state index >= 15 is 0 Å². The molecule has 84 valence electrons. The summed E-state index contributed by atoms with van der Waals surface area (Å²) in [6.45, 7) is 0. The first-order valence-electron chi connectivity index (χ1n) is 5.05. The van der Waals surface area contributed by atoms with Crippen molar-refractivity contribution in [3.8, 4) is 0 Å². The molecule has 0 bridgehead atoms. The third kappa shape index (κ3) is 1.24. The van der Waals surface area contributed by atoms with Crippen LogP contribution in [0.1, 0.15) is 10.9 Å². The Kier molecular flexibility index (Phi) is 2.10. The monoisotopic (exact) mass is 237 g/mol. The number of amides is 2. The molecule has 2 N–H and O–H groups in total. The molecule has 2 aliphatic rings. The number of imide groups is 1. The van der Waals surface area contributed by atoms with Crippen molar-refractivity contribution in [2.24, 2.45) is 5.92 Å². The largest absolute Gasteiger partial charge is 0.295 e. The Labute approximate surface area is 96.4 Å². The van der Waals surface area contributed by atoms with E-state index in [4.69, 9.17) is 0 Å². The highest BCUT2D eigenvalue weighted by Gasteiger charge is 2.53. The van der Waals surface area contributed by atoms with Gasteiger partial charge in [0.15, 0.2) is 0 Å². The van der Waals surface area contributed by atoms with Crippen molar-refractivity contribution < 1.29 is 9.59 Å². The fourth-order valence-electron chi connectivity index (χ4n) is 2.42. The summed E-state index contributed by atoms with van der Waals surface area (Å²) in [5.41, 5.74) is 3.18. The smallest absolute Gasteiger partial charge is 0.246 e. The number of likely N-dealkylation sites (N-methyl/N-ethyl adjacent to an activating group) is 1. The van der Waals surface area contributed by atoms with Crippen molar-refractivity contribution in [2.45, 2.75) is 12.1 Å². The highest BCUT2D eigenvalue weighted by atomic mass is 32.1. The number of carbonyl (C=O) groups is 2. The predicted molar refractivity (Wildman–Crippen MR) is 58.4 cm³/mol. The Hall–Kier alpha value is -1.24. The molecule has 3 heterocycles. The van der Waals surface area contributed by atoms with E-state index in [1.807, 2.05) is 17.5 Å². The van der Waals surface area contributed by atoms with Gasteiger partial charge in [0.1, 0.15) is 6.04 Å². The number of carbonyl (C=O) groups excluding carboxylic acids is 2. The molecule has 0 unspecified atom stereocenters. The standard InChI is InChI=1S/C10H11N3O2S/c1-13-8-6(9(14)11-10(8)15)7(12-13)5-3-2-4-16-5/h2-4,6-8,12H,1H3,(H,11,14,15)/t6-,7-,8+/m0/s1. The molecule has 1 aromatic heterocycles. The van der Waals surface area contributed by atoms with E-state index in [0.29, 0.717) is 0 Å². The van der Waals surface area contributed by atoms with E-state index in [2.05, 4.69) is 10.7 Å². The molecule has 2 amide bonds. The lowest BCUT2D eigenvalue weighted by Crippen LogP contribution is -2.41. The van der Waals surface area contributed by atoms with E-state index in [9.17, 15) is 9.59 Å². The minimum absolute atomic E-state index is 0.0820. The first-order valence-corrected chi connectivity index (χ1v) is 5.93. The molecule has 2 fully saturated rings. The van der Waals surface area contributed by atoms with Crippen LogP contribution in [0.2, 0.25) is 0 Å². The first-order chi connectivity index (χ1) is 7.68. The van der Waals surface area contributed by atoms with Gasteiger partial charge in [0.05, 0.1) is 12.0 Å². The van der Waals surface area contributed by atoms with E-state index < -0.39 is 0 Å². The summed E-state index contributed by atoms with van der Waals surface area (Å²) in [7, 11) is 1.80. The molecule has 0 aliphatic carbocycles. The van der Waals surface area contributed by atoms with Crippen LogP contribution in [-0.4, -0.2) is 29.9 Å². The third-order valence-electron chi connectivity index (χ3n) is 3.13. The van der Waals surface area contributed by atoms with Crippen LogP contribution in [0.5, 0.6) is 0 Å². The first kappa shape index (κ1) is 9.95. The van der Waals surface area contributed by atoms with Gasteiger partial charge in [-0.1, -0.05) is 6.07 Å². The van der Waals surface area contributed by atoms with Gasteiger partial charge in [0, 0.05) is 11.9 Å². The van der Waals surface area contributed by atoms with Crippen LogP contribution < -0.4 is 10.7 Å². The number of hydrazine groups is 1. The van der Waals surface area contributed by atoms with Crippen LogP contribution in [0.25, 0.3) is 0 Å². The maximum atomic E-state index is 11.7. The molecule has 3 atom stereocenters. The Morgan fingerprint density at radius 3 is 2.88 bits per heavy atom. The molecule has 6 heteroatoms. The van der Waals surface area contributed by atoms with E-state index in [1.54, 1.807) is 23.4 Å². The van der Waals surface area contributed by atoms with Gasteiger partial charge in [0.25, 0.3) is 0 Å². The molecule has 5 nitrogen and oxygen atoms in total.